The Bertz CT molecular complexity index is 1410. The smallest absolute Gasteiger partial charge is 0.209 e. The molecular weight excluding hydrogens is 393 g/mol. The average Bonchev–Trinajstić information content (AvgIpc) is 3.30. The maximum Gasteiger partial charge on any atom is 0.209 e. The van der Waals surface area contributed by atoms with E-state index in [1.165, 1.54) is 23.0 Å². The number of aromatic nitrogens is 5. The van der Waals surface area contributed by atoms with Crippen molar-refractivity contribution < 1.29 is 4.39 Å². The first kappa shape index (κ1) is 18.6. The first-order valence-corrected chi connectivity index (χ1v) is 9.61. The zero-order chi connectivity index (χ0) is 21.2. The van der Waals surface area contributed by atoms with Crippen molar-refractivity contribution in [2.24, 2.45) is 0 Å². The highest BCUT2D eigenvalue weighted by molar-refractivity contribution is 5.64. The first-order chi connectivity index (χ1) is 15.2. The molecule has 0 saturated heterocycles. The van der Waals surface area contributed by atoms with Crippen LogP contribution < -0.4 is 5.43 Å². The van der Waals surface area contributed by atoms with Gasteiger partial charge in [0.05, 0.1) is 17.6 Å². The summed E-state index contributed by atoms with van der Waals surface area (Å²) in [7, 11) is 0. The monoisotopic (exact) mass is 409 g/mol. The lowest BCUT2D eigenvalue weighted by Crippen LogP contribution is -2.15. The van der Waals surface area contributed by atoms with Gasteiger partial charge in [-0.3, -0.25) is 9.78 Å². The third kappa shape index (κ3) is 3.53. The molecule has 31 heavy (non-hydrogen) atoms. The van der Waals surface area contributed by atoms with Crippen LogP contribution in [-0.4, -0.2) is 24.5 Å². The van der Waals surface area contributed by atoms with E-state index in [-0.39, 0.29) is 16.8 Å². The highest BCUT2D eigenvalue weighted by Crippen LogP contribution is 2.23. The van der Waals surface area contributed by atoms with Crippen molar-refractivity contribution in [1.82, 2.24) is 24.5 Å². The lowest BCUT2D eigenvalue weighted by atomic mass is 10.1. The number of para-hydroxylation sites is 1. The van der Waals surface area contributed by atoms with Crippen molar-refractivity contribution >= 4 is 0 Å². The fraction of sp³-hybridized carbons (Fsp3) is 0. The van der Waals surface area contributed by atoms with Gasteiger partial charge >= 0.3 is 0 Å². The average molecular weight is 409 g/mol. The Kier molecular flexibility index (Phi) is 4.68. The molecule has 0 fully saturated rings. The highest BCUT2D eigenvalue weighted by Gasteiger charge is 2.15. The number of nitrogens with zero attached hydrogens (tertiary/aromatic N) is 5. The molecule has 2 aromatic carbocycles. The van der Waals surface area contributed by atoms with Gasteiger partial charge in [-0.25, -0.2) is 13.8 Å². The van der Waals surface area contributed by atoms with Gasteiger partial charge in [-0.15, -0.1) is 0 Å². The molecule has 0 spiro atoms. The van der Waals surface area contributed by atoms with Crippen LogP contribution in [0.2, 0.25) is 0 Å². The van der Waals surface area contributed by atoms with E-state index in [1.54, 1.807) is 47.5 Å². The molecule has 0 atom stereocenters. The van der Waals surface area contributed by atoms with E-state index in [4.69, 9.17) is 0 Å². The summed E-state index contributed by atoms with van der Waals surface area (Å²) in [6.07, 6.45) is 6.40. The number of pyridine rings is 1. The molecule has 0 unspecified atom stereocenters. The van der Waals surface area contributed by atoms with Crippen LogP contribution >= 0.6 is 0 Å². The van der Waals surface area contributed by atoms with Crippen LogP contribution in [0.3, 0.4) is 0 Å². The third-order valence-corrected chi connectivity index (χ3v) is 4.88. The number of benzene rings is 2. The second-order valence-electron chi connectivity index (χ2n) is 6.84. The van der Waals surface area contributed by atoms with Gasteiger partial charge in [-0.05, 0) is 42.0 Å². The summed E-state index contributed by atoms with van der Waals surface area (Å²) in [6.45, 7) is 0. The van der Waals surface area contributed by atoms with Gasteiger partial charge in [-0.1, -0.05) is 30.3 Å². The van der Waals surface area contributed by atoms with E-state index in [0.29, 0.717) is 11.3 Å². The standard InChI is InChI=1S/C24H16FN5O/c25-20-15-17(18-5-4-12-26-16-18)8-9-21(20)29-14-11-23(31)24(28-29)22-10-13-27-30(22)19-6-2-1-3-7-19/h1-16H. The van der Waals surface area contributed by atoms with Gasteiger partial charge in [0, 0.05) is 30.2 Å². The quantitative estimate of drug-likeness (QED) is 0.444. The van der Waals surface area contributed by atoms with Gasteiger partial charge in [-0.2, -0.15) is 10.2 Å². The molecule has 5 aromatic rings. The molecule has 0 saturated carbocycles. The number of halogens is 1. The van der Waals surface area contributed by atoms with Crippen LogP contribution in [0.4, 0.5) is 4.39 Å². The van der Waals surface area contributed by atoms with Crippen molar-refractivity contribution in [1.29, 1.82) is 0 Å². The van der Waals surface area contributed by atoms with Crippen molar-refractivity contribution in [2.45, 2.75) is 0 Å². The number of hydrogen-bond acceptors (Lipinski definition) is 4. The maximum absolute atomic E-state index is 15.0. The van der Waals surface area contributed by atoms with Gasteiger partial charge in [0.15, 0.2) is 5.69 Å². The molecule has 0 aliphatic carbocycles. The summed E-state index contributed by atoms with van der Waals surface area (Å²) in [5.41, 5.74) is 2.98. The molecule has 0 bridgehead atoms. The molecular formula is C24H16FN5O. The predicted octanol–water partition coefficient (Wildman–Crippen LogP) is 4.29. The molecule has 6 nitrogen and oxygen atoms in total. The van der Waals surface area contributed by atoms with Gasteiger partial charge in [0.1, 0.15) is 11.5 Å². The van der Waals surface area contributed by atoms with Crippen molar-refractivity contribution in [3.05, 3.63) is 114 Å². The number of hydrogen-bond donors (Lipinski definition) is 0. The normalized spacial score (nSPS) is 10.9. The molecule has 0 amide bonds. The van der Waals surface area contributed by atoms with E-state index in [0.717, 1.165) is 11.3 Å². The molecule has 0 aliphatic rings. The van der Waals surface area contributed by atoms with E-state index in [2.05, 4.69) is 15.2 Å². The Morgan fingerprint density at radius 1 is 0.839 bits per heavy atom. The maximum atomic E-state index is 15.0. The summed E-state index contributed by atoms with van der Waals surface area (Å²) in [4.78, 5) is 16.7. The van der Waals surface area contributed by atoms with E-state index < -0.39 is 5.82 Å². The molecule has 7 heteroatoms. The van der Waals surface area contributed by atoms with Gasteiger partial charge in [0.2, 0.25) is 5.43 Å². The van der Waals surface area contributed by atoms with Crippen LogP contribution in [0.5, 0.6) is 0 Å². The second kappa shape index (κ2) is 7.79. The van der Waals surface area contributed by atoms with Crippen LogP contribution in [0.25, 0.3) is 33.9 Å². The van der Waals surface area contributed by atoms with E-state index in [9.17, 15) is 9.18 Å². The Morgan fingerprint density at radius 2 is 1.71 bits per heavy atom. The number of rotatable bonds is 4. The fourth-order valence-corrected chi connectivity index (χ4v) is 3.38. The lowest BCUT2D eigenvalue weighted by Gasteiger charge is -2.11. The molecule has 0 radical (unpaired) electrons. The minimum Gasteiger partial charge on any atom is -0.287 e. The van der Waals surface area contributed by atoms with E-state index in [1.807, 2.05) is 36.4 Å². The van der Waals surface area contributed by atoms with Crippen LogP contribution in [-0.2, 0) is 0 Å². The lowest BCUT2D eigenvalue weighted by molar-refractivity contribution is 0.609. The van der Waals surface area contributed by atoms with Crippen LogP contribution in [0, 0.1) is 5.82 Å². The summed E-state index contributed by atoms with van der Waals surface area (Å²) in [5.74, 6) is -0.458. The summed E-state index contributed by atoms with van der Waals surface area (Å²) in [6, 6.07) is 21.0. The van der Waals surface area contributed by atoms with Gasteiger partial charge < -0.3 is 0 Å². The third-order valence-electron chi connectivity index (χ3n) is 4.88. The Balaban J connectivity index is 1.58. The Morgan fingerprint density at radius 3 is 2.48 bits per heavy atom. The minimum absolute atomic E-state index is 0.180. The van der Waals surface area contributed by atoms with Crippen LogP contribution in [0.15, 0.2) is 102 Å². The summed E-state index contributed by atoms with van der Waals surface area (Å²) >= 11 is 0. The topological polar surface area (TPSA) is 65.6 Å². The highest BCUT2D eigenvalue weighted by atomic mass is 19.1. The predicted molar refractivity (Wildman–Crippen MR) is 116 cm³/mol. The molecule has 5 rings (SSSR count). The summed E-state index contributed by atoms with van der Waals surface area (Å²) in [5, 5.41) is 8.74. The Hall–Kier alpha value is -4.39. The zero-order valence-electron chi connectivity index (χ0n) is 16.3. The largest absolute Gasteiger partial charge is 0.287 e. The second-order valence-corrected chi connectivity index (χ2v) is 6.84. The molecule has 0 N–H and O–H groups in total. The van der Waals surface area contributed by atoms with Crippen molar-refractivity contribution in [2.75, 3.05) is 0 Å². The van der Waals surface area contributed by atoms with Crippen LogP contribution in [0.1, 0.15) is 0 Å². The Labute approximate surface area is 176 Å². The molecule has 150 valence electrons. The summed E-state index contributed by atoms with van der Waals surface area (Å²) < 4.78 is 18.0. The van der Waals surface area contributed by atoms with Gasteiger partial charge in [0.25, 0.3) is 0 Å². The first-order valence-electron chi connectivity index (χ1n) is 9.61. The zero-order valence-corrected chi connectivity index (χ0v) is 16.3. The van der Waals surface area contributed by atoms with E-state index >= 15 is 0 Å². The molecule has 0 aliphatic heterocycles. The molecule has 3 heterocycles. The van der Waals surface area contributed by atoms with Crippen molar-refractivity contribution in [3.63, 3.8) is 0 Å². The SMILES string of the molecule is O=c1ccn(-c2ccc(-c3cccnc3)cc2F)nc1-c1ccnn1-c1ccccc1. The fourth-order valence-electron chi connectivity index (χ4n) is 3.38. The van der Waals surface area contributed by atoms with Crippen molar-refractivity contribution in [3.8, 4) is 33.9 Å². The minimum atomic E-state index is -0.458. The molecule has 3 aromatic heterocycles.